The molecule has 0 bridgehead atoms. The number of allylic oxidation sites excluding steroid dienone is 8. The third-order valence-corrected chi connectivity index (χ3v) is 8.85. The molecule has 0 amide bonds. The second-order valence-electron chi connectivity index (χ2n) is 11.2. The maximum atomic E-state index is 4.80. The van der Waals surface area contributed by atoms with E-state index in [9.17, 15) is 0 Å². The molecule has 1 unspecified atom stereocenters. The fraction of sp³-hybridized carbons (Fsp3) is 0.0698. The molecule has 0 N–H and O–H groups in total. The summed E-state index contributed by atoms with van der Waals surface area (Å²) in [5.74, 6) is 6.54. The first kappa shape index (κ1) is 27.8. The Morgan fingerprint density at radius 3 is 2.00 bits per heavy atom. The van der Waals surface area contributed by atoms with Gasteiger partial charge in [0.25, 0.3) is 0 Å². The summed E-state index contributed by atoms with van der Waals surface area (Å²) in [7, 11) is 0. The molecule has 0 heterocycles. The molecule has 0 saturated carbocycles. The number of benzene rings is 6. The SMILES string of the molecule is C/C(=C\C=C(/S)C1C#CC/C=C\C=C1)c1cccc(-c2c3ccccc3c(-c3ccc4ccccc4c3)c3ccccc23)c1. The predicted octanol–water partition coefficient (Wildman–Crippen LogP) is 11.8. The summed E-state index contributed by atoms with van der Waals surface area (Å²) in [6.45, 7) is 2.16. The normalized spacial score (nSPS) is 16.0. The molecule has 0 saturated heterocycles. The minimum absolute atomic E-state index is 0.0116. The highest BCUT2D eigenvalue weighted by molar-refractivity contribution is 7.84. The van der Waals surface area contributed by atoms with Crippen LogP contribution in [0.2, 0.25) is 0 Å². The van der Waals surface area contributed by atoms with E-state index in [0.717, 1.165) is 11.3 Å². The van der Waals surface area contributed by atoms with Crippen molar-refractivity contribution in [2.24, 2.45) is 5.92 Å². The molecule has 1 aliphatic rings. The fourth-order valence-electron chi connectivity index (χ4n) is 6.20. The lowest BCUT2D eigenvalue weighted by Gasteiger charge is -2.18. The van der Waals surface area contributed by atoms with Crippen LogP contribution in [0, 0.1) is 17.8 Å². The van der Waals surface area contributed by atoms with Crippen LogP contribution in [0.1, 0.15) is 18.9 Å². The Morgan fingerprint density at radius 1 is 0.659 bits per heavy atom. The Labute approximate surface area is 265 Å². The summed E-state index contributed by atoms with van der Waals surface area (Å²) in [5.41, 5.74) is 7.37. The summed E-state index contributed by atoms with van der Waals surface area (Å²) in [5, 5.41) is 7.56. The molecule has 6 aromatic rings. The zero-order valence-electron chi connectivity index (χ0n) is 24.7. The zero-order valence-corrected chi connectivity index (χ0v) is 25.6. The predicted molar refractivity (Wildman–Crippen MR) is 195 cm³/mol. The lowest BCUT2D eigenvalue weighted by Crippen LogP contribution is -1.93. The number of rotatable bonds is 5. The van der Waals surface area contributed by atoms with Gasteiger partial charge in [0.05, 0.1) is 5.92 Å². The van der Waals surface area contributed by atoms with E-state index in [1.807, 2.05) is 0 Å². The number of hydrogen-bond acceptors (Lipinski definition) is 1. The molecule has 7 rings (SSSR count). The third kappa shape index (κ3) is 5.42. The smallest absolute Gasteiger partial charge is 0.0692 e. The Balaban J connectivity index is 1.36. The van der Waals surface area contributed by atoms with Gasteiger partial charge < -0.3 is 0 Å². The van der Waals surface area contributed by atoms with E-state index in [0.29, 0.717) is 0 Å². The third-order valence-electron chi connectivity index (χ3n) is 8.43. The van der Waals surface area contributed by atoms with Crippen LogP contribution in [0.25, 0.3) is 60.1 Å². The van der Waals surface area contributed by atoms with Gasteiger partial charge in [-0.2, -0.15) is 0 Å². The highest BCUT2D eigenvalue weighted by Crippen LogP contribution is 2.44. The van der Waals surface area contributed by atoms with Crippen LogP contribution in [0.5, 0.6) is 0 Å². The van der Waals surface area contributed by atoms with Crippen LogP contribution >= 0.6 is 12.6 Å². The van der Waals surface area contributed by atoms with Crippen LogP contribution in [-0.2, 0) is 0 Å². The average molecular weight is 581 g/mol. The summed E-state index contributed by atoms with van der Waals surface area (Å²) < 4.78 is 0. The van der Waals surface area contributed by atoms with E-state index in [-0.39, 0.29) is 5.92 Å². The maximum Gasteiger partial charge on any atom is 0.0692 e. The van der Waals surface area contributed by atoms with Crippen molar-refractivity contribution < 1.29 is 0 Å². The van der Waals surface area contributed by atoms with Crippen LogP contribution < -0.4 is 0 Å². The molecule has 0 nitrogen and oxygen atoms in total. The highest BCUT2D eigenvalue weighted by Gasteiger charge is 2.17. The fourth-order valence-corrected chi connectivity index (χ4v) is 6.42. The average Bonchev–Trinajstić information content (AvgIpc) is 3.05. The lowest BCUT2D eigenvalue weighted by molar-refractivity contribution is 1.09. The van der Waals surface area contributed by atoms with E-state index >= 15 is 0 Å². The van der Waals surface area contributed by atoms with Gasteiger partial charge in [-0.05, 0) is 84.8 Å². The van der Waals surface area contributed by atoms with Crippen LogP contribution in [0.3, 0.4) is 0 Å². The van der Waals surface area contributed by atoms with Gasteiger partial charge in [-0.1, -0.05) is 151 Å². The number of fused-ring (bicyclic) bond motifs is 3. The number of thiol groups is 1. The molecule has 1 aliphatic carbocycles. The van der Waals surface area contributed by atoms with Crippen LogP contribution in [0.4, 0.5) is 0 Å². The molecular formula is C43H32S. The van der Waals surface area contributed by atoms with Gasteiger partial charge in [0.15, 0.2) is 0 Å². The standard InChI is InChI=1S/C43H32S/c1-30(24-27-41(44)32-15-5-3-2-4-6-16-32)33-18-13-19-35(28-33)42-37-20-9-11-22-39(37)43(40-23-12-10-21-38(40)42)36-26-25-31-14-7-8-17-34(31)29-36/h2-3,5,7-15,17-29,32,44H,4H2,1H3/b3-2-,15-5?,30-24+,41-27-. The van der Waals surface area contributed by atoms with Gasteiger partial charge in [0.2, 0.25) is 0 Å². The molecular weight excluding hydrogens is 549 g/mol. The van der Waals surface area contributed by atoms with Gasteiger partial charge in [-0.25, -0.2) is 0 Å². The molecule has 1 heteroatoms. The van der Waals surface area contributed by atoms with E-state index in [4.69, 9.17) is 12.6 Å². The zero-order chi connectivity index (χ0) is 29.9. The molecule has 6 aromatic carbocycles. The Hall–Kier alpha value is -5.03. The van der Waals surface area contributed by atoms with Crippen LogP contribution in [-0.4, -0.2) is 0 Å². The Bertz CT molecular complexity index is 2170. The molecule has 0 radical (unpaired) electrons. The summed E-state index contributed by atoms with van der Waals surface area (Å²) >= 11 is 4.80. The first-order valence-corrected chi connectivity index (χ1v) is 15.5. The second-order valence-corrected chi connectivity index (χ2v) is 11.8. The lowest BCUT2D eigenvalue weighted by atomic mass is 9.85. The maximum absolute atomic E-state index is 4.80. The molecule has 0 aromatic heterocycles. The molecule has 210 valence electrons. The molecule has 0 aliphatic heterocycles. The Kier molecular flexibility index (Phi) is 7.76. The van der Waals surface area contributed by atoms with Crippen molar-refractivity contribution in [3.8, 4) is 34.1 Å². The first-order valence-electron chi connectivity index (χ1n) is 15.1. The minimum atomic E-state index is 0.0116. The van der Waals surface area contributed by atoms with E-state index in [1.165, 1.54) is 65.7 Å². The van der Waals surface area contributed by atoms with Crippen molar-refractivity contribution >= 4 is 50.5 Å². The highest BCUT2D eigenvalue weighted by atomic mass is 32.1. The topological polar surface area (TPSA) is 0 Å². The minimum Gasteiger partial charge on any atom is -0.146 e. The van der Waals surface area contributed by atoms with E-state index in [1.54, 1.807) is 0 Å². The van der Waals surface area contributed by atoms with Crippen molar-refractivity contribution in [2.45, 2.75) is 13.3 Å². The quantitative estimate of drug-likeness (QED) is 0.0891. The summed E-state index contributed by atoms with van der Waals surface area (Å²) in [6, 6.07) is 42.0. The van der Waals surface area contributed by atoms with Crippen molar-refractivity contribution in [3.05, 3.63) is 162 Å². The van der Waals surface area contributed by atoms with Crippen LogP contribution in [0.15, 0.2) is 157 Å². The summed E-state index contributed by atoms with van der Waals surface area (Å²) in [6.07, 6.45) is 13.3. The largest absolute Gasteiger partial charge is 0.146 e. The molecule has 0 fully saturated rings. The summed E-state index contributed by atoms with van der Waals surface area (Å²) in [4.78, 5) is 0.945. The van der Waals surface area contributed by atoms with E-state index < -0.39 is 0 Å². The Morgan fingerprint density at radius 2 is 1.30 bits per heavy atom. The second kappa shape index (κ2) is 12.3. The van der Waals surface area contributed by atoms with Gasteiger partial charge in [0.1, 0.15) is 0 Å². The molecule has 44 heavy (non-hydrogen) atoms. The van der Waals surface area contributed by atoms with Gasteiger partial charge in [-0.15, -0.1) is 12.6 Å². The van der Waals surface area contributed by atoms with Gasteiger partial charge >= 0.3 is 0 Å². The van der Waals surface area contributed by atoms with Gasteiger partial charge in [-0.3, -0.25) is 0 Å². The monoisotopic (exact) mass is 580 g/mol. The first-order chi connectivity index (χ1) is 21.7. The van der Waals surface area contributed by atoms with Crippen molar-refractivity contribution in [1.82, 2.24) is 0 Å². The van der Waals surface area contributed by atoms with Gasteiger partial charge in [0, 0.05) is 11.3 Å². The van der Waals surface area contributed by atoms with Crippen molar-refractivity contribution in [1.29, 1.82) is 0 Å². The molecule has 0 spiro atoms. The molecule has 1 atom stereocenters. The number of hydrogen-bond donors (Lipinski definition) is 1. The van der Waals surface area contributed by atoms with E-state index in [2.05, 4.69) is 170 Å². The van der Waals surface area contributed by atoms with Crippen molar-refractivity contribution in [2.75, 3.05) is 0 Å². The van der Waals surface area contributed by atoms with Crippen molar-refractivity contribution in [3.63, 3.8) is 0 Å².